The Balaban J connectivity index is 3.15. The summed E-state index contributed by atoms with van der Waals surface area (Å²) < 4.78 is 36.9. The predicted molar refractivity (Wildman–Crippen MR) is 49.2 cm³/mol. The molecule has 0 radical (unpaired) electrons. The van der Waals surface area contributed by atoms with E-state index in [1.807, 2.05) is 0 Å². The van der Waals surface area contributed by atoms with E-state index < -0.39 is 11.7 Å². The van der Waals surface area contributed by atoms with Crippen molar-refractivity contribution in [3.63, 3.8) is 0 Å². The summed E-state index contributed by atoms with van der Waals surface area (Å²) in [5.41, 5.74) is 4.81. The Bertz CT molecular complexity index is 427. The molecule has 0 fully saturated rings. The lowest BCUT2D eigenvalue weighted by molar-refractivity contribution is -0.137. The van der Waals surface area contributed by atoms with Crippen molar-refractivity contribution < 1.29 is 13.2 Å². The van der Waals surface area contributed by atoms with Crippen molar-refractivity contribution in [2.75, 3.05) is 0 Å². The second kappa shape index (κ2) is 4.05. The standard InChI is InChI=1S/C10H7F3N2/c11-10(12,13)8-3-1-2-7(6-8)9(15)4-5-14/h1-4,6H,15H2. The van der Waals surface area contributed by atoms with Crippen LogP contribution in [0.3, 0.4) is 0 Å². The molecule has 78 valence electrons. The van der Waals surface area contributed by atoms with Gasteiger partial charge in [0.2, 0.25) is 0 Å². The fraction of sp³-hybridized carbons (Fsp3) is 0.100. The van der Waals surface area contributed by atoms with Crippen LogP contribution in [0.2, 0.25) is 0 Å². The maximum atomic E-state index is 12.3. The number of halogens is 3. The Morgan fingerprint density at radius 1 is 1.40 bits per heavy atom. The molecule has 0 unspecified atom stereocenters. The third kappa shape index (κ3) is 2.74. The largest absolute Gasteiger partial charge is 0.416 e. The normalized spacial score (nSPS) is 12.3. The van der Waals surface area contributed by atoms with E-state index in [1.165, 1.54) is 12.1 Å². The maximum absolute atomic E-state index is 12.3. The molecule has 15 heavy (non-hydrogen) atoms. The first-order chi connectivity index (χ1) is 6.95. The lowest BCUT2D eigenvalue weighted by atomic mass is 10.1. The van der Waals surface area contributed by atoms with E-state index in [2.05, 4.69) is 0 Å². The molecule has 0 atom stereocenters. The summed E-state index contributed by atoms with van der Waals surface area (Å²) >= 11 is 0. The highest BCUT2D eigenvalue weighted by Crippen LogP contribution is 2.30. The molecule has 1 rings (SSSR count). The molecular formula is C10H7F3N2. The van der Waals surface area contributed by atoms with Crippen molar-refractivity contribution in [2.45, 2.75) is 6.18 Å². The molecule has 0 saturated carbocycles. The first-order valence-corrected chi connectivity index (χ1v) is 3.98. The minimum absolute atomic E-state index is 0.0172. The van der Waals surface area contributed by atoms with Crippen LogP contribution in [0.1, 0.15) is 11.1 Å². The lowest BCUT2D eigenvalue weighted by Crippen LogP contribution is -2.06. The van der Waals surface area contributed by atoms with Crippen LogP contribution < -0.4 is 5.73 Å². The van der Waals surface area contributed by atoms with Gasteiger partial charge in [0.25, 0.3) is 0 Å². The second-order valence-electron chi connectivity index (χ2n) is 2.81. The molecule has 2 N–H and O–H groups in total. The zero-order valence-electron chi connectivity index (χ0n) is 7.55. The van der Waals surface area contributed by atoms with E-state index in [4.69, 9.17) is 11.0 Å². The first-order valence-electron chi connectivity index (χ1n) is 3.98. The number of nitriles is 1. The van der Waals surface area contributed by atoms with Crippen LogP contribution in [-0.4, -0.2) is 0 Å². The molecule has 1 aromatic rings. The van der Waals surface area contributed by atoms with Crippen LogP contribution in [0.5, 0.6) is 0 Å². The van der Waals surface area contributed by atoms with E-state index in [0.717, 1.165) is 18.2 Å². The van der Waals surface area contributed by atoms with Crippen molar-refractivity contribution in [2.24, 2.45) is 5.73 Å². The van der Waals surface area contributed by atoms with Gasteiger partial charge in [-0.3, -0.25) is 0 Å². The maximum Gasteiger partial charge on any atom is 0.416 e. The topological polar surface area (TPSA) is 49.8 Å². The Morgan fingerprint density at radius 3 is 2.60 bits per heavy atom. The van der Waals surface area contributed by atoms with Crippen LogP contribution in [0.15, 0.2) is 30.3 Å². The third-order valence-corrected chi connectivity index (χ3v) is 1.74. The average Bonchev–Trinajstić information content (AvgIpc) is 2.17. The molecule has 0 spiro atoms. The molecule has 0 bridgehead atoms. The first kappa shape index (κ1) is 11.1. The van der Waals surface area contributed by atoms with E-state index in [-0.39, 0.29) is 11.3 Å². The average molecular weight is 212 g/mol. The van der Waals surface area contributed by atoms with Gasteiger partial charge in [-0.05, 0) is 17.7 Å². The van der Waals surface area contributed by atoms with E-state index >= 15 is 0 Å². The van der Waals surface area contributed by atoms with Crippen molar-refractivity contribution >= 4 is 5.70 Å². The van der Waals surface area contributed by atoms with E-state index in [0.29, 0.717) is 0 Å². The number of hydrogen-bond donors (Lipinski definition) is 1. The Hall–Kier alpha value is -1.96. The highest BCUT2D eigenvalue weighted by Gasteiger charge is 2.30. The molecule has 0 aliphatic heterocycles. The molecule has 0 saturated heterocycles. The van der Waals surface area contributed by atoms with Gasteiger partial charge < -0.3 is 5.73 Å². The van der Waals surface area contributed by atoms with Gasteiger partial charge in [-0.25, -0.2) is 0 Å². The van der Waals surface area contributed by atoms with E-state index in [9.17, 15) is 13.2 Å². The highest BCUT2D eigenvalue weighted by molar-refractivity contribution is 5.65. The van der Waals surface area contributed by atoms with Crippen molar-refractivity contribution in [1.82, 2.24) is 0 Å². The minimum atomic E-state index is -4.40. The van der Waals surface area contributed by atoms with Gasteiger partial charge in [-0.1, -0.05) is 12.1 Å². The van der Waals surface area contributed by atoms with Gasteiger partial charge in [-0.2, -0.15) is 18.4 Å². The summed E-state index contributed by atoms with van der Waals surface area (Å²) in [6.07, 6.45) is -3.40. The number of nitrogens with zero attached hydrogens (tertiary/aromatic N) is 1. The molecule has 2 nitrogen and oxygen atoms in total. The number of hydrogen-bond acceptors (Lipinski definition) is 2. The summed E-state index contributed by atoms with van der Waals surface area (Å²) in [6.45, 7) is 0. The molecule has 0 heterocycles. The quantitative estimate of drug-likeness (QED) is 0.727. The Morgan fingerprint density at radius 2 is 2.07 bits per heavy atom. The number of rotatable bonds is 1. The van der Waals surface area contributed by atoms with Gasteiger partial charge >= 0.3 is 6.18 Å². The number of nitrogens with two attached hydrogens (primary N) is 1. The molecule has 5 heteroatoms. The summed E-state index contributed by atoms with van der Waals surface area (Å²) in [5.74, 6) is 0. The molecular weight excluding hydrogens is 205 g/mol. The second-order valence-corrected chi connectivity index (χ2v) is 2.81. The monoisotopic (exact) mass is 212 g/mol. The number of alkyl halides is 3. The van der Waals surface area contributed by atoms with Crippen molar-refractivity contribution in [1.29, 1.82) is 5.26 Å². The van der Waals surface area contributed by atoms with Crippen LogP contribution in [0.4, 0.5) is 13.2 Å². The van der Waals surface area contributed by atoms with Crippen molar-refractivity contribution in [3.05, 3.63) is 41.5 Å². The zero-order chi connectivity index (χ0) is 11.5. The van der Waals surface area contributed by atoms with Gasteiger partial charge in [-0.15, -0.1) is 0 Å². The smallest absolute Gasteiger partial charge is 0.398 e. The van der Waals surface area contributed by atoms with Crippen LogP contribution in [0.25, 0.3) is 5.70 Å². The number of benzene rings is 1. The van der Waals surface area contributed by atoms with E-state index in [1.54, 1.807) is 6.07 Å². The predicted octanol–water partition coefficient (Wildman–Crippen LogP) is 2.53. The third-order valence-electron chi connectivity index (χ3n) is 1.74. The molecule has 0 aliphatic carbocycles. The fourth-order valence-corrected chi connectivity index (χ4v) is 1.03. The minimum Gasteiger partial charge on any atom is -0.398 e. The molecule has 0 aromatic heterocycles. The summed E-state index contributed by atoms with van der Waals surface area (Å²) in [5, 5.41) is 8.30. The Kier molecular flexibility index (Phi) is 3.00. The van der Waals surface area contributed by atoms with Crippen LogP contribution in [0, 0.1) is 11.3 Å². The number of allylic oxidation sites excluding steroid dienone is 1. The molecule has 1 aromatic carbocycles. The summed E-state index contributed by atoms with van der Waals surface area (Å²) in [7, 11) is 0. The van der Waals surface area contributed by atoms with Gasteiger partial charge in [0.05, 0.1) is 11.6 Å². The highest BCUT2D eigenvalue weighted by atomic mass is 19.4. The zero-order valence-corrected chi connectivity index (χ0v) is 7.55. The molecule has 0 amide bonds. The van der Waals surface area contributed by atoms with Crippen LogP contribution >= 0.6 is 0 Å². The van der Waals surface area contributed by atoms with Gasteiger partial charge in [0, 0.05) is 11.8 Å². The fourth-order valence-electron chi connectivity index (χ4n) is 1.03. The SMILES string of the molecule is N#CC=C(N)c1cccc(C(F)(F)F)c1. The molecule has 0 aliphatic rings. The lowest BCUT2D eigenvalue weighted by Gasteiger charge is -2.08. The van der Waals surface area contributed by atoms with Gasteiger partial charge in [0.15, 0.2) is 0 Å². The summed E-state index contributed by atoms with van der Waals surface area (Å²) in [4.78, 5) is 0. The van der Waals surface area contributed by atoms with Gasteiger partial charge in [0.1, 0.15) is 0 Å². The van der Waals surface area contributed by atoms with Crippen LogP contribution in [-0.2, 0) is 6.18 Å². The van der Waals surface area contributed by atoms with Crippen molar-refractivity contribution in [3.8, 4) is 6.07 Å². The summed E-state index contributed by atoms with van der Waals surface area (Å²) in [6, 6.07) is 6.17. The Labute approximate surface area is 84.4 Å².